The van der Waals surface area contributed by atoms with Gasteiger partial charge >= 0.3 is 6.61 Å². The van der Waals surface area contributed by atoms with Crippen molar-refractivity contribution in [1.29, 1.82) is 0 Å². The number of aryl methyl sites for hydroxylation is 1. The first-order chi connectivity index (χ1) is 5.59. The second-order valence-corrected chi connectivity index (χ2v) is 2.40. The molecule has 2 nitrogen and oxygen atoms in total. The quantitative estimate of drug-likeness (QED) is 0.695. The number of nitrogens with two attached hydrogens (primary N) is 1. The summed E-state index contributed by atoms with van der Waals surface area (Å²) in [6.45, 7) is -1.01. The molecule has 0 atom stereocenters. The number of benzene rings is 1. The fourth-order valence-electron chi connectivity index (χ4n) is 0.795. The molecule has 0 spiro atoms. The molecule has 0 bridgehead atoms. The zero-order valence-corrected chi connectivity index (χ0v) is 6.55. The molecule has 0 fully saturated rings. The molecule has 0 aromatic heterocycles. The van der Waals surface area contributed by atoms with E-state index >= 15 is 0 Å². The maximum absolute atomic E-state index is 11.7. The van der Waals surface area contributed by atoms with Crippen LogP contribution < -0.4 is 10.5 Å². The van der Waals surface area contributed by atoms with E-state index in [1.807, 2.05) is 0 Å². The second-order valence-electron chi connectivity index (χ2n) is 2.40. The average Bonchev–Trinajstić information content (AvgIpc) is 1.96. The van der Waals surface area contributed by atoms with Crippen LogP contribution in [0, 0.1) is 6.92 Å². The normalized spacial score (nSPS) is 10.3. The van der Waals surface area contributed by atoms with Crippen molar-refractivity contribution in [3.05, 3.63) is 23.8 Å². The number of hydrogen-bond acceptors (Lipinski definition) is 2. The largest absolute Gasteiger partial charge is 0.435 e. The van der Waals surface area contributed by atoms with Crippen molar-refractivity contribution in [2.45, 2.75) is 13.5 Å². The Kier molecular flexibility index (Phi) is 2.47. The summed E-state index contributed by atoms with van der Waals surface area (Å²) in [6.07, 6.45) is 0. The van der Waals surface area contributed by atoms with Crippen LogP contribution in [0.3, 0.4) is 0 Å². The van der Waals surface area contributed by atoms with Crippen molar-refractivity contribution >= 4 is 5.69 Å². The minimum atomic E-state index is -2.80. The Hall–Kier alpha value is -1.32. The number of hydrogen-bond donors (Lipinski definition) is 1. The highest BCUT2D eigenvalue weighted by atomic mass is 19.3. The van der Waals surface area contributed by atoms with E-state index in [0.717, 1.165) is 5.56 Å². The van der Waals surface area contributed by atoms with Crippen molar-refractivity contribution in [3.8, 4) is 5.75 Å². The van der Waals surface area contributed by atoms with E-state index in [1.165, 1.54) is 12.1 Å². The highest BCUT2D eigenvalue weighted by molar-refractivity contribution is 5.50. The van der Waals surface area contributed by atoms with Crippen molar-refractivity contribution in [2.75, 3.05) is 5.73 Å². The molecule has 12 heavy (non-hydrogen) atoms. The molecule has 2 N–H and O–H groups in total. The SMILES string of the molecule is Cc1ccc(OC(F)F)cc1N. The number of rotatable bonds is 2. The summed E-state index contributed by atoms with van der Waals surface area (Å²) in [5.74, 6) is 0.0908. The lowest BCUT2D eigenvalue weighted by atomic mass is 10.2. The van der Waals surface area contributed by atoms with Crippen LogP contribution in [-0.4, -0.2) is 6.61 Å². The van der Waals surface area contributed by atoms with Gasteiger partial charge in [0.25, 0.3) is 0 Å². The fraction of sp³-hybridized carbons (Fsp3) is 0.250. The first kappa shape index (κ1) is 8.77. The lowest BCUT2D eigenvalue weighted by Crippen LogP contribution is -2.02. The number of nitrogen functional groups attached to an aromatic ring is 1. The first-order valence-corrected chi connectivity index (χ1v) is 3.40. The third kappa shape index (κ3) is 2.08. The van der Waals surface area contributed by atoms with E-state index in [9.17, 15) is 8.78 Å². The number of halogens is 2. The van der Waals surface area contributed by atoms with Crippen molar-refractivity contribution in [2.24, 2.45) is 0 Å². The lowest BCUT2D eigenvalue weighted by molar-refractivity contribution is -0.0498. The molecule has 0 amide bonds. The molecule has 0 aliphatic heterocycles. The molecular formula is C8H9F2NO. The molecule has 0 radical (unpaired) electrons. The van der Waals surface area contributed by atoms with E-state index in [-0.39, 0.29) is 5.75 Å². The van der Waals surface area contributed by atoms with Gasteiger partial charge in [0.2, 0.25) is 0 Å². The predicted octanol–water partition coefficient (Wildman–Crippen LogP) is 2.18. The second kappa shape index (κ2) is 3.38. The monoisotopic (exact) mass is 173 g/mol. The molecule has 1 aromatic carbocycles. The van der Waals surface area contributed by atoms with E-state index in [2.05, 4.69) is 4.74 Å². The van der Waals surface area contributed by atoms with Gasteiger partial charge in [-0.2, -0.15) is 8.78 Å². The van der Waals surface area contributed by atoms with Gasteiger partial charge < -0.3 is 10.5 Å². The third-order valence-corrected chi connectivity index (χ3v) is 1.48. The van der Waals surface area contributed by atoms with Gasteiger partial charge in [0.15, 0.2) is 0 Å². The van der Waals surface area contributed by atoms with E-state index in [1.54, 1.807) is 13.0 Å². The van der Waals surface area contributed by atoms with Crippen molar-refractivity contribution < 1.29 is 13.5 Å². The van der Waals surface area contributed by atoms with E-state index in [4.69, 9.17) is 5.73 Å². The van der Waals surface area contributed by atoms with Crippen molar-refractivity contribution in [1.82, 2.24) is 0 Å². The lowest BCUT2D eigenvalue weighted by Gasteiger charge is -2.05. The van der Waals surface area contributed by atoms with Gasteiger partial charge in [-0.05, 0) is 18.6 Å². The van der Waals surface area contributed by atoms with Gasteiger partial charge in [-0.25, -0.2) is 0 Å². The van der Waals surface area contributed by atoms with Gasteiger partial charge in [0.1, 0.15) is 5.75 Å². The van der Waals surface area contributed by atoms with Crippen molar-refractivity contribution in [3.63, 3.8) is 0 Å². The Morgan fingerprint density at radius 3 is 2.58 bits per heavy atom. The summed E-state index contributed by atoms with van der Waals surface area (Å²) in [4.78, 5) is 0. The van der Waals surface area contributed by atoms with Crippen LogP contribution in [0.2, 0.25) is 0 Å². The minimum absolute atomic E-state index is 0.0908. The molecular weight excluding hydrogens is 164 g/mol. The molecule has 0 aliphatic rings. The molecule has 0 heterocycles. The summed E-state index contributed by atoms with van der Waals surface area (Å²) in [6, 6.07) is 4.46. The molecule has 0 aliphatic carbocycles. The zero-order valence-electron chi connectivity index (χ0n) is 6.55. The van der Waals surface area contributed by atoms with Crippen LogP contribution >= 0.6 is 0 Å². The standard InChI is InChI=1S/C8H9F2NO/c1-5-2-3-6(4-7(5)11)12-8(9)10/h2-4,8H,11H2,1H3. The Balaban J connectivity index is 2.82. The Labute approximate surface area is 68.9 Å². The topological polar surface area (TPSA) is 35.2 Å². The smallest absolute Gasteiger partial charge is 0.387 e. The van der Waals surface area contributed by atoms with Crippen LogP contribution in [0.15, 0.2) is 18.2 Å². The molecule has 66 valence electrons. The highest BCUT2D eigenvalue weighted by Gasteiger charge is 2.04. The summed E-state index contributed by atoms with van der Waals surface area (Å²) >= 11 is 0. The summed E-state index contributed by atoms with van der Waals surface area (Å²) in [5.41, 5.74) is 6.77. The number of alkyl halides is 2. The van der Waals surface area contributed by atoms with Gasteiger partial charge in [-0.1, -0.05) is 6.07 Å². The Bertz CT molecular complexity index is 276. The van der Waals surface area contributed by atoms with E-state index in [0.29, 0.717) is 5.69 Å². The number of ether oxygens (including phenoxy) is 1. The first-order valence-electron chi connectivity index (χ1n) is 3.40. The summed E-state index contributed by atoms with van der Waals surface area (Å²) < 4.78 is 27.5. The zero-order chi connectivity index (χ0) is 9.14. The molecule has 0 saturated carbocycles. The summed E-state index contributed by atoms with van der Waals surface area (Å²) in [7, 11) is 0. The van der Waals surface area contributed by atoms with Crippen LogP contribution in [0.25, 0.3) is 0 Å². The predicted molar refractivity (Wildman–Crippen MR) is 42.2 cm³/mol. The molecule has 1 aromatic rings. The van der Waals surface area contributed by atoms with Gasteiger partial charge in [-0.3, -0.25) is 0 Å². The molecule has 1 rings (SSSR count). The van der Waals surface area contributed by atoms with Gasteiger partial charge in [-0.15, -0.1) is 0 Å². The molecule has 4 heteroatoms. The highest BCUT2D eigenvalue weighted by Crippen LogP contribution is 2.20. The molecule has 0 unspecified atom stereocenters. The van der Waals surface area contributed by atoms with Crippen LogP contribution in [0.5, 0.6) is 5.75 Å². The van der Waals surface area contributed by atoms with Gasteiger partial charge in [0, 0.05) is 11.8 Å². The maximum atomic E-state index is 11.7. The fourth-order valence-corrected chi connectivity index (χ4v) is 0.795. The molecule has 0 saturated heterocycles. The number of anilines is 1. The van der Waals surface area contributed by atoms with Crippen LogP contribution in [0.1, 0.15) is 5.56 Å². The average molecular weight is 173 g/mol. The summed E-state index contributed by atoms with van der Waals surface area (Å²) in [5, 5.41) is 0. The third-order valence-electron chi connectivity index (χ3n) is 1.48. The van der Waals surface area contributed by atoms with E-state index < -0.39 is 6.61 Å². The Morgan fingerprint density at radius 2 is 2.08 bits per heavy atom. The van der Waals surface area contributed by atoms with Gasteiger partial charge in [0.05, 0.1) is 0 Å². The van der Waals surface area contributed by atoms with Crippen LogP contribution in [-0.2, 0) is 0 Å². The van der Waals surface area contributed by atoms with Crippen LogP contribution in [0.4, 0.5) is 14.5 Å². The Morgan fingerprint density at radius 1 is 1.42 bits per heavy atom. The minimum Gasteiger partial charge on any atom is -0.435 e. The maximum Gasteiger partial charge on any atom is 0.387 e.